The second-order valence-electron chi connectivity index (χ2n) is 11.0. The van der Waals surface area contributed by atoms with E-state index in [9.17, 15) is 26.4 Å². The molecule has 0 fully saturated rings. The van der Waals surface area contributed by atoms with Crippen LogP contribution in [0.1, 0.15) is 73.0 Å². The Hall–Kier alpha value is -2.92. The van der Waals surface area contributed by atoms with Gasteiger partial charge >= 0.3 is 6.18 Å². The minimum absolute atomic E-state index is 0.232. The summed E-state index contributed by atoms with van der Waals surface area (Å²) in [5, 5.41) is 6.91. The van der Waals surface area contributed by atoms with E-state index < -0.39 is 32.7 Å². The Morgan fingerprint density at radius 2 is 1.79 bits per heavy atom. The molecule has 0 aromatic heterocycles. The normalized spacial score (nSPS) is 16.2. The van der Waals surface area contributed by atoms with E-state index in [0.717, 1.165) is 56.1 Å². The summed E-state index contributed by atoms with van der Waals surface area (Å²) >= 11 is 6.01. The summed E-state index contributed by atoms with van der Waals surface area (Å²) in [6.45, 7) is 5.99. The van der Waals surface area contributed by atoms with Gasteiger partial charge in [-0.1, -0.05) is 61.8 Å². The van der Waals surface area contributed by atoms with Crippen LogP contribution in [-0.4, -0.2) is 20.9 Å². The fraction of sp³-hybridized carbons (Fsp3) is 0.387. The average molecular weight is 622 g/mol. The molecule has 0 spiro atoms. The Balaban J connectivity index is 1.51. The number of carbonyl (C=O) groups excluding carboxylic acids is 1. The standard InChI is InChI=1S/C31H35ClF3N3O3S/c1-20(2)18-36-19-21-9-14-27-23(15-21)5-3-8-28(27)37-30(39)17-29(22-10-12-25(32)13-11-22)38-42(40,41)26-7-4-6-24(16-26)31(33,34)35/h4,6-7,9-16,20,28-29,36,38H,3,5,8,17-19H2,1-2H3,(H,37,39)/t28-,29?/m1/s1. The van der Waals surface area contributed by atoms with Gasteiger partial charge in [-0.3, -0.25) is 4.79 Å². The lowest BCUT2D eigenvalue weighted by atomic mass is 9.86. The maximum Gasteiger partial charge on any atom is 0.416 e. The lowest BCUT2D eigenvalue weighted by Crippen LogP contribution is -2.36. The maximum atomic E-state index is 13.3. The molecule has 0 saturated heterocycles. The quantitative estimate of drug-likeness (QED) is 0.222. The van der Waals surface area contributed by atoms with Crippen molar-refractivity contribution < 1.29 is 26.4 Å². The zero-order valence-corrected chi connectivity index (χ0v) is 25.0. The number of sulfonamides is 1. The highest BCUT2D eigenvalue weighted by Gasteiger charge is 2.33. The Kier molecular flexibility index (Phi) is 10.4. The molecule has 6 nitrogen and oxygen atoms in total. The molecule has 0 bridgehead atoms. The molecule has 0 saturated carbocycles. The summed E-state index contributed by atoms with van der Waals surface area (Å²) in [6.07, 6.45) is -2.43. The third kappa shape index (κ3) is 8.56. The summed E-state index contributed by atoms with van der Waals surface area (Å²) < 4.78 is 68.6. The first-order valence-electron chi connectivity index (χ1n) is 13.9. The van der Waals surface area contributed by atoms with Crippen molar-refractivity contribution in [2.24, 2.45) is 5.92 Å². The van der Waals surface area contributed by atoms with Gasteiger partial charge in [-0.15, -0.1) is 0 Å². The molecule has 0 radical (unpaired) electrons. The second-order valence-corrected chi connectivity index (χ2v) is 13.2. The van der Waals surface area contributed by atoms with Crippen LogP contribution < -0.4 is 15.4 Å². The Labute approximate surface area is 250 Å². The summed E-state index contributed by atoms with van der Waals surface area (Å²) in [5.41, 5.74) is 2.76. The van der Waals surface area contributed by atoms with E-state index in [1.54, 1.807) is 24.3 Å². The van der Waals surface area contributed by atoms with E-state index in [0.29, 0.717) is 22.6 Å². The van der Waals surface area contributed by atoms with Crippen molar-refractivity contribution in [3.8, 4) is 0 Å². The van der Waals surface area contributed by atoms with Crippen molar-refractivity contribution in [2.75, 3.05) is 6.54 Å². The topological polar surface area (TPSA) is 87.3 Å². The SMILES string of the molecule is CC(C)CNCc1ccc2c(c1)CCC[C@H]2NC(=O)CC(NS(=O)(=O)c1cccc(C(F)(F)F)c1)c1ccc(Cl)cc1. The fourth-order valence-electron chi connectivity index (χ4n) is 5.09. The molecule has 3 N–H and O–H groups in total. The smallest absolute Gasteiger partial charge is 0.349 e. The van der Waals surface area contributed by atoms with Gasteiger partial charge in [0, 0.05) is 18.0 Å². The van der Waals surface area contributed by atoms with Gasteiger partial charge in [0.2, 0.25) is 15.9 Å². The number of alkyl halides is 3. The zero-order chi connectivity index (χ0) is 30.5. The van der Waals surface area contributed by atoms with Gasteiger partial charge in [0.1, 0.15) is 0 Å². The van der Waals surface area contributed by atoms with Gasteiger partial charge in [0.15, 0.2) is 0 Å². The largest absolute Gasteiger partial charge is 0.416 e. The maximum absolute atomic E-state index is 13.3. The van der Waals surface area contributed by atoms with Crippen molar-refractivity contribution >= 4 is 27.5 Å². The number of fused-ring (bicyclic) bond motifs is 1. The summed E-state index contributed by atoms with van der Waals surface area (Å²) in [7, 11) is -4.41. The Morgan fingerprint density at radius 3 is 2.48 bits per heavy atom. The number of rotatable bonds is 11. The third-order valence-electron chi connectivity index (χ3n) is 7.17. The molecule has 0 heterocycles. The van der Waals surface area contributed by atoms with Crippen molar-refractivity contribution in [1.82, 2.24) is 15.4 Å². The van der Waals surface area contributed by atoms with Crippen LogP contribution in [0.3, 0.4) is 0 Å². The number of amides is 1. The highest BCUT2D eigenvalue weighted by atomic mass is 35.5. The van der Waals surface area contributed by atoms with Gasteiger partial charge in [0.05, 0.1) is 22.5 Å². The van der Waals surface area contributed by atoms with Gasteiger partial charge in [-0.05, 0) is 84.3 Å². The highest BCUT2D eigenvalue weighted by molar-refractivity contribution is 7.89. The molecule has 226 valence electrons. The van der Waals surface area contributed by atoms with Gasteiger partial charge < -0.3 is 10.6 Å². The number of nitrogens with one attached hydrogen (secondary N) is 3. The number of benzene rings is 3. The fourth-order valence-corrected chi connectivity index (χ4v) is 6.48. The van der Waals surface area contributed by atoms with Crippen LogP contribution in [0.5, 0.6) is 0 Å². The lowest BCUT2D eigenvalue weighted by molar-refractivity contribution is -0.137. The second kappa shape index (κ2) is 13.6. The molecule has 2 atom stereocenters. The van der Waals surface area contributed by atoms with Crippen LogP contribution in [0, 0.1) is 5.92 Å². The van der Waals surface area contributed by atoms with Crippen molar-refractivity contribution in [2.45, 2.75) is 69.2 Å². The minimum atomic E-state index is -4.71. The first-order chi connectivity index (χ1) is 19.8. The lowest BCUT2D eigenvalue weighted by Gasteiger charge is -2.28. The minimum Gasteiger partial charge on any atom is -0.349 e. The van der Waals surface area contributed by atoms with Crippen LogP contribution in [0.2, 0.25) is 5.02 Å². The molecule has 0 aliphatic heterocycles. The van der Waals surface area contributed by atoms with Crippen molar-refractivity contribution in [1.29, 1.82) is 0 Å². The third-order valence-corrected chi connectivity index (χ3v) is 8.89. The summed E-state index contributed by atoms with van der Waals surface area (Å²) in [6, 6.07) is 14.8. The first kappa shape index (κ1) is 32.0. The molecular formula is C31H35ClF3N3O3S. The van der Waals surface area contributed by atoms with Crippen molar-refractivity contribution in [3.63, 3.8) is 0 Å². The molecule has 3 aromatic rings. The van der Waals surface area contributed by atoms with E-state index in [1.165, 1.54) is 11.1 Å². The van der Waals surface area contributed by atoms with Crippen LogP contribution in [0.25, 0.3) is 0 Å². The molecule has 42 heavy (non-hydrogen) atoms. The van der Waals surface area contributed by atoms with Crippen LogP contribution in [0.4, 0.5) is 13.2 Å². The van der Waals surface area contributed by atoms with Crippen LogP contribution >= 0.6 is 11.6 Å². The number of hydrogen-bond acceptors (Lipinski definition) is 4. The molecule has 1 unspecified atom stereocenters. The number of halogens is 4. The molecule has 11 heteroatoms. The van der Waals surface area contributed by atoms with E-state index in [4.69, 9.17) is 11.6 Å². The molecular weight excluding hydrogens is 587 g/mol. The highest BCUT2D eigenvalue weighted by Crippen LogP contribution is 2.33. The number of aryl methyl sites for hydroxylation is 1. The summed E-state index contributed by atoms with van der Waals surface area (Å²) in [5.74, 6) is 0.163. The number of hydrogen-bond donors (Lipinski definition) is 3. The molecule has 1 aliphatic rings. The predicted molar refractivity (Wildman–Crippen MR) is 157 cm³/mol. The molecule has 4 rings (SSSR count). The van der Waals surface area contributed by atoms with Gasteiger partial charge in [0.25, 0.3) is 0 Å². The Bertz CT molecular complexity index is 1500. The predicted octanol–water partition coefficient (Wildman–Crippen LogP) is 6.71. The Morgan fingerprint density at radius 1 is 1.05 bits per heavy atom. The van der Waals surface area contributed by atoms with Crippen molar-refractivity contribution in [3.05, 3.63) is 99.6 Å². The van der Waals surface area contributed by atoms with Gasteiger partial charge in [-0.2, -0.15) is 13.2 Å². The average Bonchev–Trinajstić information content (AvgIpc) is 2.92. The van der Waals surface area contributed by atoms with Crippen LogP contribution in [0.15, 0.2) is 71.6 Å². The van der Waals surface area contributed by atoms with E-state index in [1.807, 2.05) is 6.07 Å². The molecule has 1 aliphatic carbocycles. The first-order valence-corrected chi connectivity index (χ1v) is 15.7. The zero-order valence-electron chi connectivity index (χ0n) is 23.5. The van der Waals surface area contributed by atoms with E-state index >= 15 is 0 Å². The van der Waals surface area contributed by atoms with Gasteiger partial charge in [-0.25, -0.2) is 13.1 Å². The van der Waals surface area contributed by atoms with E-state index in [-0.39, 0.29) is 18.4 Å². The van der Waals surface area contributed by atoms with E-state index in [2.05, 4.69) is 41.3 Å². The molecule has 1 amide bonds. The monoisotopic (exact) mass is 621 g/mol. The summed E-state index contributed by atoms with van der Waals surface area (Å²) in [4.78, 5) is 12.8. The number of carbonyl (C=O) groups is 1. The molecule has 3 aromatic carbocycles. The van der Waals surface area contributed by atoms with Crippen LogP contribution in [-0.2, 0) is 34.0 Å².